The Balaban J connectivity index is 2.09. The van der Waals surface area contributed by atoms with Crippen LogP contribution in [-0.4, -0.2) is 37.7 Å². The Morgan fingerprint density at radius 1 is 1.15 bits per heavy atom. The van der Waals surface area contributed by atoms with Crippen molar-refractivity contribution in [3.8, 4) is 5.75 Å². The van der Waals surface area contributed by atoms with E-state index in [2.05, 4.69) is 15.5 Å². The molecule has 0 saturated carbocycles. The van der Waals surface area contributed by atoms with Gasteiger partial charge in [-0.3, -0.25) is 4.90 Å². The van der Waals surface area contributed by atoms with Gasteiger partial charge in [0, 0.05) is 12.6 Å². The Hall–Kier alpha value is -2.67. The fourth-order valence-corrected chi connectivity index (χ4v) is 2.92. The van der Waals surface area contributed by atoms with Crippen molar-refractivity contribution in [1.29, 1.82) is 0 Å². The third-order valence-corrected chi connectivity index (χ3v) is 4.37. The number of amides is 2. The number of nitrogens with zero attached hydrogens (tertiary/aromatic N) is 1. The summed E-state index contributed by atoms with van der Waals surface area (Å²) in [5.41, 5.74) is 0.931. The van der Waals surface area contributed by atoms with E-state index in [0.29, 0.717) is 6.54 Å². The lowest BCUT2D eigenvalue weighted by Crippen LogP contribution is -2.39. The molecule has 0 fully saturated rings. The molecule has 2 amide bonds. The van der Waals surface area contributed by atoms with E-state index in [-0.39, 0.29) is 11.7 Å². The first-order valence-corrected chi connectivity index (χ1v) is 8.86. The summed E-state index contributed by atoms with van der Waals surface area (Å²) >= 11 is 0. The highest BCUT2D eigenvalue weighted by atomic mass is 19.1. The van der Waals surface area contributed by atoms with Gasteiger partial charge in [0.15, 0.2) is 0 Å². The van der Waals surface area contributed by atoms with Crippen LogP contribution in [0.4, 0.5) is 19.3 Å². The normalized spacial score (nSPS) is 11.9. The zero-order valence-corrected chi connectivity index (χ0v) is 15.8. The van der Waals surface area contributed by atoms with Gasteiger partial charge >= 0.3 is 6.03 Å². The SMILES string of the molecule is CCN(CC)C(CNC(=O)Nc1ccc(F)cc1F)c1cccc(OC)c1. The number of nitrogens with one attached hydrogen (secondary N) is 2. The van der Waals surface area contributed by atoms with Gasteiger partial charge in [-0.15, -0.1) is 0 Å². The smallest absolute Gasteiger partial charge is 0.319 e. The number of anilines is 1. The van der Waals surface area contributed by atoms with Gasteiger partial charge in [0.25, 0.3) is 0 Å². The molecule has 1 unspecified atom stereocenters. The van der Waals surface area contributed by atoms with Gasteiger partial charge in [0.1, 0.15) is 17.4 Å². The quantitative estimate of drug-likeness (QED) is 0.726. The molecule has 0 spiro atoms. The van der Waals surface area contributed by atoms with E-state index in [1.807, 2.05) is 38.1 Å². The summed E-state index contributed by atoms with van der Waals surface area (Å²) in [4.78, 5) is 14.4. The van der Waals surface area contributed by atoms with Gasteiger partial charge in [-0.2, -0.15) is 0 Å². The van der Waals surface area contributed by atoms with Crippen molar-refractivity contribution < 1.29 is 18.3 Å². The molecule has 5 nitrogen and oxygen atoms in total. The van der Waals surface area contributed by atoms with Gasteiger partial charge in [-0.25, -0.2) is 13.6 Å². The van der Waals surface area contributed by atoms with Crippen LogP contribution in [0.25, 0.3) is 0 Å². The van der Waals surface area contributed by atoms with Crippen molar-refractivity contribution >= 4 is 11.7 Å². The molecule has 2 aromatic rings. The lowest BCUT2D eigenvalue weighted by molar-refractivity contribution is 0.209. The van der Waals surface area contributed by atoms with Crippen LogP contribution < -0.4 is 15.4 Å². The van der Waals surface area contributed by atoms with E-state index in [1.54, 1.807) is 7.11 Å². The molecule has 146 valence electrons. The maximum atomic E-state index is 13.7. The largest absolute Gasteiger partial charge is 0.497 e. The molecule has 27 heavy (non-hydrogen) atoms. The van der Waals surface area contributed by atoms with Crippen molar-refractivity contribution in [1.82, 2.24) is 10.2 Å². The van der Waals surface area contributed by atoms with Crippen molar-refractivity contribution in [2.75, 3.05) is 32.1 Å². The average molecular weight is 377 g/mol. The van der Waals surface area contributed by atoms with Crippen LogP contribution >= 0.6 is 0 Å². The number of benzene rings is 2. The average Bonchev–Trinajstić information content (AvgIpc) is 2.67. The Morgan fingerprint density at radius 3 is 2.52 bits per heavy atom. The standard InChI is InChI=1S/C20H25F2N3O2/c1-4-25(5-2)19(14-7-6-8-16(11-14)27-3)13-23-20(26)24-18-10-9-15(21)12-17(18)22/h6-12,19H,4-5,13H2,1-3H3,(H2,23,24,26). The molecule has 2 rings (SSSR count). The second-order valence-corrected chi connectivity index (χ2v) is 5.97. The van der Waals surface area contributed by atoms with Crippen molar-refractivity contribution in [3.05, 3.63) is 59.7 Å². The predicted molar refractivity (Wildman–Crippen MR) is 102 cm³/mol. The molecule has 0 bridgehead atoms. The third kappa shape index (κ3) is 5.65. The number of hydrogen-bond donors (Lipinski definition) is 2. The Labute approximate surface area is 158 Å². The number of carbonyl (C=O) groups is 1. The van der Waals surface area contributed by atoms with Crippen molar-refractivity contribution in [2.24, 2.45) is 0 Å². The minimum atomic E-state index is -0.821. The molecule has 2 aromatic carbocycles. The van der Waals surface area contributed by atoms with Crippen LogP contribution in [0.15, 0.2) is 42.5 Å². The molecule has 0 radical (unpaired) electrons. The summed E-state index contributed by atoms with van der Waals surface area (Å²) in [5.74, 6) is -0.779. The number of carbonyl (C=O) groups excluding carboxylic acids is 1. The second kappa shape index (κ2) is 9.87. The number of ether oxygens (including phenoxy) is 1. The van der Waals surface area contributed by atoms with E-state index >= 15 is 0 Å². The summed E-state index contributed by atoms with van der Waals surface area (Å²) in [6.45, 7) is 6.02. The van der Waals surface area contributed by atoms with Gasteiger partial charge in [0.05, 0.1) is 18.8 Å². The topological polar surface area (TPSA) is 53.6 Å². The maximum Gasteiger partial charge on any atom is 0.319 e. The van der Waals surface area contributed by atoms with Crippen LogP contribution in [0.5, 0.6) is 5.75 Å². The summed E-state index contributed by atoms with van der Waals surface area (Å²) in [7, 11) is 1.61. The van der Waals surface area contributed by atoms with E-state index < -0.39 is 17.7 Å². The maximum absolute atomic E-state index is 13.7. The van der Waals surface area contributed by atoms with Gasteiger partial charge in [-0.05, 0) is 42.9 Å². The highest BCUT2D eigenvalue weighted by Gasteiger charge is 2.19. The number of methoxy groups -OCH3 is 1. The Kier molecular flexibility index (Phi) is 7.55. The molecule has 0 aromatic heterocycles. The number of hydrogen-bond acceptors (Lipinski definition) is 3. The fourth-order valence-electron chi connectivity index (χ4n) is 2.92. The van der Waals surface area contributed by atoms with Gasteiger partial charge < -0.3 is 15.4 Å². The summed E-state index contributed by atoms with van der Waals surface area (Å²) in [6.07, 6.45) is 0. The minimum Gasteiger partial charge on any atom is -0.497 e. The molecule has 0 aliphatic heterocycles. The summed E-state index contributed by atoms with van der Waals surface area (Å²) < 4.78 is 32.0. The van der Waals surface area contributed by atoms with E-state index in [9.17, 15) is 13.6 Å². The molecule has 0 aliphatic rings. The number of urea groups is 1. The summed E-state index contributed by atoms with van der Waals surface area (Å²) in [6, 6.07) is 10.1. The zero-order valence-electron chi connectivity index (χ0n) is 15.8. The fraction of sp³-hybridized carbons (Fsp3) is 0.350. The highest BCUT2D eigenvalue weighted by molar-refractivity contribution is 5.89. The first-order chi connectivity index (χ1) is 13.0. The van der Waals surface area contributed by atoms with Crippen LogP contribution in [0.3, 0.4) is 0 Å². The van der Waals surface area contributed by atoms with Crippen LogP contribution in [0.2, 0.25) is 0 Å². The first-order valence-electron chi connectivity index (χ1n) is 8.86. The zero-order chi connectivity index (χ0) is 19.8. The number of likely N-dealkylation sites (N-methyl/N-ethyl adjacent to an activating group) is 1. The van der Waals surface area contributed by atoms with Crippen molar-refractivity contribution in [2.45, 2.75) is 19.9 Å². The lowest BCUT2D eigenvalue weighted by Gasteiger charge is -2.30. The number of halogens is 2. The van der Waals surface area contributed by atoms with Gasteiger partial charge in [-0.1, -0.05) is 26.0 Å². The van der Waals surface area contributed by atoms with E-state index in [4.69, 9.17) is 4.74 Å². The molecule has 0 saturated heterocycles. The Morgan fingerprint density at radius 2 is 1.89 bits per heavy atom. The summed E-state index contributed by atoms with van der Waals surface area (Å²) in [5, 5.41) is 5.17. The molecule has 1 atom stereocenters. The molecular weight excluding hydrogens is 352 g/mol. The van der Waals surface area contributed by atoms with Crippen LogP contribution in [0, 0.1) is 11.6 Å². The Bertz CT molecular complexity index is 767. The van der Waals surface area contributed by atoms with E-state index in [0.717, 1.165) is 36.5 Å². The minimum absolute atomic E-state index is 0.0704. The van der Waals surface area contributed by atoms with Crippen LogP contribution in [0.1, 0.15) is 25.5 Å². The molecular formula is C20H25F2N3O2. The van der Waals surface area contributed by atoms with Gasteiger partial charge in [0.2, 0.25) is 0 Å². The van der Waals surface area contributed by atoms with Crippen LogP contribution in [-0.2, 0) is 0 Å². The molecule has 0 heterocycles. The monoisotopic (exact) mass is 377 g/mol. The third-order valence-electron chi connectivity index (χ3n) is 4.37. The number of rotatable bonds is 8. The van der Waals surface area contributed by atoms with Crippen molar-refractivity contribution in [3.63, 3.8) is 0 Å². The second-order valence-electron chi connectivity index (χ2n) is 5.97. The molecule has 0 aliphatic carbocycles. The molecule has 7 heteroatoms. The molecule has 2 N–H and O–H groups in total. The lowest BCUT2D eigenvalue weighted by atomic mass is 10.0. The first kappa shape index (κ1) is 20.6. The predicted octanol–water partition coefficient (Wildman–Crippen LogP) is 4.18. The van der Waals surface area contributed by atoms with E-state index in [1.165, 1.54) is 6.07 Å². The highest BCUT2D eigenvalue weighted by Crippen LogP contribution is 2.24.